The Morgan fingerprint density at radius 3 is 2.39 bits per heavy atom. The monoisotopic (exact) mass is 437 g/mol. The van der Waals surface area contributed by atoms with Crippen molar-refractivity contribution in [1.82, 2.24) is 4.90 Å². The second-order valence-corrected chi connectivity index (χ2v) is 6.90. The van der Waals surface area contributed by atoms with E-state index in [1.807, 2.05) is 25.2 Å². The van der Waals surface area contributed by atoms with Crippen molar-refractivity contribution in [2.24, 2.45) is 5.92 Å². The van der Waals surface area contributed by atoms with Crippen molar-refractivity contribution in [3.63, 3.8) is 0 Å². The van der Waals surface area contributed by atoms with E-state index < -0.39 is 12.9 Å². The quantitative estimate of drug-likeness (QED) is 0.117. The molecule has 2 N–H and O–H groups in total. The number of alkyl halides is 1. The summed E-state index contributed by atoms with van der Waals surface area (Å²) in [7, 11) is 0. The summed E-state index contributed by atoms with van der Waals surface area (Å²) in [6.45, 7) is 11.9. The maximum absolute atomic E-state index is 10.6. The predicted octanol–water partition coefficient (Wildman–Crippen LogP) is 5.03. The van der Waals surface area contributed by atoms with Crippen molar-refractivity contribution in [1.29, 1.82) is 0 Å². The Kier molecular flexibility index (Phi) is 18.4. The molecular weight excluding hydrogens is 397 g/mol. The average Bonchev–Trinajstić information content (AvgIpc) is 3.64. The maximum Gasteiger partial charge on any atom is 0.130 e. The van der Waals surface area contributed by atoms with E-state index in [1.165, 1.54) is 6.08 Å². The molecule has 0 aromatic heterocycles. The highest BCUT2D eigenvalue weighted by Gasteiger charge is 2.29. The van der Waals surface area contributed by atoms with Crippen molar-refractivity contribution in [3.8, 4) is 0 Å². The van der Waals surface area contributed by atoms with Crippen LogP contribution in [0.3, 0.4) is 0 Å². The molecule has 0 bridgehead atoms. The summed E-state index contributed by atoms with van der Waals surface area (Å²) < 4.78 is 21.5. The number of hydrogen-bond acceptors (Lipinski definition) is 5. The van der Waals surface area contributed by atoms with Crippen LogP contribution >= 0.6 is 0 Å². The number of rotatable bonds is 16. The van der Waals surface area contributed by atoms with Crippen LogP contribution in [0.25, 0.3) is 0 Å². The van der Waals surface area contributed by atoms with Crippen LogP contribution in [-0.4, -0.2) is 53.9 Å². The molecule has 5 nitrogen and oxygen atoms in total. The van der Waals surface area contributed by atoms with Crippen molar-refractivity contribution >= 4 is 0 Å². The van der Waals surface area contributed by atoms with Gasteiger partial charge in [0.05, 0.1) is 25.6 Å². The molecule has 6 heteroatoms. The highest BCUT2D eigenvalue weighted by Crippen LogP contribution is 2.32. The Bertz CT molecular complexity index is 582. The molecule has 0 radical (unpaired) electrons. The van der Waals surface area contributed by atoms with E-state index in [0.717, 1.165) is 25.0 Å². The topological polar surface area (TPSA) is 62.2 Å². The first kappa shape index (κ1) is 28.9. The van der Waals surface area contributed by atoms with E-state index in [1.54, 1.807) is 29.5 Å². The molecule has 1 aliphatic carbocycles. The first-order chi connectivity index (χ1) is 15.0. The maximum atomic E-state index is 10.6. The minimum atomic E-state index is -0.656. The SMILES string of the molecule is C=C/C(=C\C=C\OCC(O)C1CC1)N(/C=C\COC/C=C/CC)C(O)CC.C=CCF. The standard InChI is InChI=1S/C22H35NO4.C3H5F/c1-4-7-8-15-26-17-10-14-23(22(25)6-3)20(5-2)11-9-16-27-18-21(24)19-12-13-19;1-2-3-4/h5,7-11,14,16,19,21-22,24-25H,2,4,6,12-13,15,17-18H2,1,3H3;2H,1,3H2/b8-7+,14-10-,16-9+,20-11+;. The van der Waals surface area contributed by atoms with Crippen LogP contribution in [0.2, 0.25) is 0 Å². The predicted molar refractivity (Wildman–Crippen MR) is 126 cm³/mol. The van der Waals surface area contributed by atoms with Crippen LogP contribution in [0.15, 0.2) is 73.8 Å². The second kappa shape index (κ2) is 19.8. The van der Waals surface area contributed by atoms with E-state index in [2.05, 4.69) is 26.2 Å². The molecule has 0 aromatic carbocycles. The van der Waals surface area contributed by atoms with Crippen LogP contribution in [0.5, 0.6) is 0 Å². The zero-order valence-electron chi connectivity index (χ0n) is 19.0. The summed E-state index contributed by atoms with van der Waals surface area (Å²) in [6, 6.07) is 0. The van der Waals surface area contributed by atoms with Crippen LogP contribution < -0.4 is 0 Å². The van der Waals surface area contributed by atoms with E-state index in [9.17, 15) is 14.6 Å². The van der Waals surface area contributed by atoms with Gasteiger partial charge in [0.15, 0.2) is 0 Å². The highest BCUT2D eigenvalue weighted by atomic mass is 19.1. The molecule has 1 fully saturated rings. The summed E-state index contributed by atoms with van der Waals surface area (Å²) in [6.07, 6.45) is 18.4. The lowest BCUT2D eigenvalue weighted by molar-refractivity contribution is 0.0586. The molecule has 176 valence electrons. The van der Waals surface area contributed by atoms with Gasteiger partial charge in [-0.05, 0) is 55.9 Å². The van der Waals surface area contributed by atoms with Gasteiger partial charge < -0.3 is 24.6 Å². The summed E-state index contributed by atoms with van der Waals surface area (Å²) >= 11 is 0. The smallest absolute Gasteiger partial charge is 0.130 e. The molecular formula is C25H40FNO4. The van der Waals surface area contributed by atoms with E-state index in [0.29, 0.717) is 32.2 Å². The molecule has 2 atom stereocenters. The second-order valence-electron chi connectivity index (χ2n) is 6.90. The van der Waals surface area contributed by atoms with Gasteiger partial charge in [-0.15, -0.1) is 6.58 Å². The van der Waals surface area contributed by atoms with E-state index >= 15 is 0 Å². The van der Waals surface area contributed by atoms with Gasteiger partial charge in [-0.25, -0.2) is 4.39 Å². The van der Waals surface area contributed by atoms with Gasteiger partial charge in [-0.3, -0.25) is 0 Å². The molecule has 0 amide bonds. The molecule has 0 saturated heterocycles. The third-order valence-corrected chi connectivity index (χ3v) is 4.27. The zero-order chi connectivity index (χ0) is 23.3. The Balaban J connectivity index is 0.00000206. The fourth-order valence-electron chi connectivity index (χ4n) is 2.37. The lowest BCUT2D eigenvalue weighted by atomic mass is 10.2. The summed E-state index contributed by atoms with van der Waals surface area (Å²) in [4.78, 5) is 1.74. The molecule has 0 aromatic rings. The van der Waals surface area contributed by atoms with Gasteiger partial charge >= 0.3 is 0 Å². The molecule has 1 aliphatic rings. The van der Waals surface area contributed by atoms with Crippen molar-refractivity contribution in [2.45, 2.75) is 51.9 Å². The number of allylic oxidation sites excluding steroid dienone is 5. The minimum absolute atomic E-state index is 0.309. The van der Waals surface area contributed by atoms with Gasteiger partial charge in [0.1, 0.15) is 19.5 Å². The highest BCUT2D eigenvalue weighted by molar-refractivity contribution is 5.23. The van der Waals surface area contributed by atoms with Gasteiger partial charge in [0.25, 0.3) is 0 Å². The van der Waals surface area contributed by atoms with Gasteiger partial charge in [-0.2, -0.15) is 0 Å². The van der Waals surface area contributed by atoms with Crippen LogP contribution in [-0.2, 0) is 9.47 Å². The van der Waals surface area contributed by atoms with Crippen LogP contribution in [0.4, 0.5) is 4.39 Å². The minimum Gasteiger partial charge on any atom is -0.498 e. The molecule has 2 unspecified atom stereocenters. The number of aliphatic hydroxyl groups is 2. The number of ether oxygens (including phenoxy) is 2. The van der Waals surface area contributed by atoms with Crippen LogP contribution in [0.1, 0.15) is 39.5 Å². The number of aliphatic hydroxyl groups excluding tert-OH is 2. The first-order valence-electron chi connectivity index (χ1n) is 10.9. The van der Waals surface area contributed by atoms with E-state index in [4.69, 9.17) is 9.47 Å². The van der Waals surface area contributed by atoms with Gasteiger partial charge in [0.2, 0.25) is 0 Å². The normalized spacial score (nSPS) is 16.2. The zero-order valence-corrected chi connectivity index (χ0v) is 19.0. The number of hydrogen-bond donors (Lipinski definition) is 2. The van der Waals surface area contributed by atoms with Crippen molar-refractivity contribution in [3.05, 3.63) is 73.8 Å². The van der Waals surface area contributed by atoms with Crippen molar-refractivity contribution < 1.29 is 24.1 Å². The van der Waals surface area contributed by atoms with Gasteiger partial charge in [-0.1, -0.05) is 38.7 Å². The molecule has 1 saturated carbocycles. The fraction of sp³-hybridized carbons (Fsp3) is 0.520. The Morgan fingerprint density at radius 2 is 1.84 bits per heavy atom. The third-order valence-electron chi connectivity index (χ3n) is 4.27. The Hall–Kier alpha value is -2.15. The molecule has 1 rings (SSSR count). The van der Waals surface area contributed by atoms with Crippen molar-refractivity contribution in [2.75, 3.05) is 26.5 Å². The summed E-state index contributed by atoms with van der Waals surface area (Å²) in [5.74, 6) is 0.401. The Morgan fingerprint density at radius 1 is 1.16 bits per heavy atom. The lowest BCUT2D eigenvalue weighted by Crippen LogP contribution is -2.28. The molecule has 31 heavy (non-hydrogen) atoms. The van der Waals surface area contributed by atoms with E-state index in [-0.39, 0.29) is 6.10 Å². The number of nitrogens with zero attached hydrogens (tertiary/aromatic N) is 1. The third kappa shape index (κ3) is 15.3. The molecule has 0 aliphatic heterocycles. The molecule has 0 spiro atoms. The summed E-state index contributed by atoms with van der Waals surface area (Å²) in [5, 5.41) is 20.0. The summed E-state index contributed by atoms with van der Waals surface area (Å²) in [5.41, 5.74) is 0.745. The van der Waals surface area contributed by atoms with Crippen LogP contribution in [0, 0.1) is 5.92 Å². The fourth-order valence-corrected chi connectivity index (χ4v) is 2.37. The Labute approximate surface area is 187 Å². The largest absolute Gasteiger partial charge is 0.498 e. The average molecular weight is 438 g/mol. The number of halogens is 1. The lowest BCUT2D eigenvalue weighted by Gasteiger charge is -2.26. The molecule has 0 heterocycles. The first-order valence-corrected chi connectivity index (χ1v) is 10.9. The van der Waals surface area contributed by atoms with Gasteiger partial charge in [0, 0.05) is 11.9 Å².